The Hall–Kier alpha value is -2.00. The van der Waals surface area contributed by atoms with Gasteiger partial charge in [0.1, 0.15) is 5.75 Å². The van der Waals surface area contributed by atoms with Crippen molar-refractivity contribution in [3.63, 3.8) is 0 Å². The van der Waals surface area contributed by atoms with Crippen LogP contribution in [0.25, 0.3) is 0 Å². The zero-order chi connectivity index (χ0) is 15.6. The van der Waals surface area contributed by atoms with Crippen LogP contribution in [0.15, 0.2) is 24.3 Å². The van der Waals surface area contributed by atoms with Crippen molar-refractivity contribution in [2.75, 3.05) is 6.61 Å². The maximum atomic E-state index is 12.9. The first-order valence-corrected chi connectivity index (χ1v) is 5.00. The number of nitro groups is 1. The van der Waals surface area contributed by atoms with E-state index in [9.17, 15) is 36.5 Å². The van der Waals surface area contributed by atoms with E-state index in [1.54, 1.807) is 0 Å². The van der Waals surface area contributed by atoms with Gasteiger partial charge in [0, 0.05) is 12.1 Å². The summed E-state index contributed by atoms with van der Waals surface area (Å²) in [5.41, 5.74) is -0.359. The maximum absolute atomic E-state index is 12.9. The molecule has 10 heteroatoms. The van der Waals surface area contributed by atoms with E-state index in [2.05, 4.69) is 4.74 Å². The minimum atomic E-state index is -5.71. The molecule has 0 N–H and O–H groups in total. The molecular formula is C10H7F6NO3. The quantitative estimate of drug-likeness (QED) is 0.475. The fourth-order valence-electron chi connectivity index (χ4n) is 1.16. The molecule has 20 heavy (non-hydrogen) atoms. The predicted molar refractivity (Wildman–Crippen MR) is 54.5 cm³/mol. The van der Waals surface area contributed by atoms with Gasteiger partial charge < -0.3 is 4.74 Å². The summed E-state index contributed by atoms with van der Waals surface area (Å²) in [7, 11) is 0. The monoisotopic (exact) mass is 303 g/mol. The summed E-state index contributed by atoms with van der Waals surface area (Å²) < 4.78 is 78.1. The van der Waals surface area contributed by atoms with Gasteiger partial charge in [-0.05, 0) is 12.1 Å². The lowest BCUT2D eigenvalue weighted by Crippen LogP contribution is -2.45. The molecule has 0 heterocycles. The van der Waals surface area contributed by atoms with E-state index < -0.39 is 29.8 Å². The molecule has 4 nitrogen and oxygen atoms in total. The number of hydrogen-bond acceptors (Lipinski definition) is 3. The van der Waals surface area contributed by atoms with Crippen LogP contribution in [0.2, 0.25) is 0 Å². The van der Waals surface area contributed by atoms with Crippen molar-refractivity contribution in [2.45, 2.75) is 18.3 Å². The Morgan fingerprint density at radius 3 is 2.05 bits per heavy atom. The van der Waals surface area contributed by atoms with Gasteiger partial charge in [0.05, 0.1) is 4.92 Å². The fourth-order valence-corrected chi connectivity index (χ4v) is 1.16. The van der Waals surface area contributed by atoms with Gasteiger partial charge >= 0.3 is 12.1 Å². The SMILES string of the molecule is O=[N+]([O-])c1ccc(OCC(F)(F)[C@@H](F)C(F)(F)F)cc1. The largest absolute Gasteiger partial charge is 0.487 e. The van der Waals surface area contributed by atoms with Gasteiger partial charge in [0.2, 0.25) is 0 Å². The lowest BCUT2D eigenvalue weighted by molar-refractivity contribution is -0.384. The fraction of sp³-hybridized carbons (Fsp3) is 0.400. The highest BCUT2D eigenvalue weighted by molar-refractivity contribution is 5.35. The second kappa shape index (κ2) is 5.55. The highest BCUT2D eigenvalue weighted by Gasteiger charge is 2.57. The van der Waals surface area contributed by atoms with E-state index in [0.29, 0.717) is 0 Å². The van der Waals surface area contributed by atoms with E-state index in [0.717, 1.165) is 24.3 Å². The first kappa shape index (κ1) is 16.1. The predicted octanol–water partition coefficient (Wildman–Crippen LogP) is 3.51. The Bertz CT molecular complexity index is 473. The van der Waals surface area contributed by atoms with E-state index in [1.165, 1.54) is 0 Å². The molecule has 0 fully saturated rings. The molecule has 0 radical (unpaired) electrons. The van der Waals surface area contributed by atoms with Crippen LogP contribution < -0.4 is 4.74 Å². The Labute approximate surface area is 108 Å². The average Bonchev–Trinajstić information content (AvgIpc) is 2.35. The lowest BCUT2D eigenvalue weighted by atomic mass is 10.2. The molecule has 0 saturated carbocycles. The molecule has 0 aliphatic carbocycles. The molecule has 0 aliphatic heterocycles. The molecule has 1 atom stereocenters. The van der Waals surface area contributed by atoms with Crippen molar-refractivity contribution in [3.05, 3.63) is 34.4 Å². The molecule has 0 amide bonds. The van der Waals surface area contributed by atoms with Gasteiger partial charge in [-0.1, -0.05) is 0 Å². The second-order valence-electron chi connectivity index (χ2n) is 3.70. The maximum Gasteiger partial charge on any atom is 0.425 e. The summed E-state index contributed by atoms with van der Waals surface area (Å²) in [4.78, 5) is 9.53. The molecule has 0 spiro atoms. The van der Waals surface area contributed by atoms with Gasteiger partial charge in [0.15, 0.2) is 6.61 Å². The van der Waals surface area contributed by atoms with Crippen LogP contribution in [0.3, 0.4) is 0 Å². The van der Waals surface area contributed by atoms with Crippen LogP contribution >= 0.6 is 0 Å². The minimum absolute atomic E-state index is 0.343. The highest BCUT2D eigenvalue weighted by atomic mass is 19.4. The molecule has 1 rings (SSSR count). The van der Waals surface area contributed by atoms with Gasteiger partial charge in [-0.15, -0.1) is 0 Å². The number of nitrogens with zero attached hydrogens (tertiary/aromatic N) is 1. The number of hydrogen-bond donors (Lipinski definition) is 0. The van der Waals surface area contributed by atoms with Crippen molar-refractivity contribution in [1.82, 2.24) is 0 Å². The molecule has 0 saturated heterocycles. The molecule has 1 aromatic rings. The molecule has 0 bridgehead atoms. The van der Waals surface area contributed by atoms with E-state index in [1.807, 2.05) is 0 Å². The Morgan fingerprint density at radius 2 is 1.65 bits per heavy atom. The van der Waals surface area contributed by atoms with Crippen LogP contribution in [-0.2, 0) is 0 Å². The normalized spacial score (nSPS) is 13.9. The molecule has 0 aromatic heterocycles. The summed E-state index contributed by atoms with van der Waals surface area (Å²) in [5, 5.41) is 10.3. The first-order chi connectivity index (χ1) is 9.04. The Balaban J connectivity index is 2.68. The Morgan fingerprint density at radius 1 is 1.15 bits per heavy atom. The van der Waals surface area contributed by atoms with Gasteiger partial charge in [-0.25, -0.2) is 4.39 Å². The number of non-ortho nitro benzene ring substituents is 1. The number of halogens is 6. The first-order valence-electron chi connectivity index (χ1n) is 5.00. The van der Waals surface area contributed by atoms with Crippen LogP contribution in [0.4, 0.5) is 32.0 Å². The van der Waals surface area contributed by atoms with Crippen molar-refractivity contribution < 1.29 is 36.0 Å². The van der Waals surface area contributed by atoms with Crippen molar-refractivity contribution in [2.24, 2.45) is 0 Å². The van der Waals surface area contributed by atoms with Crippen molar-refractivity contribution in [3.8, 4) is 5.75 Å². The van der Waals surface area contributed by atoms with Gasteiger partial charge in [-0.3, -0.25) is 10.1 Å². The van der Waals surface area contributed by atoms with Crippen LogP contribution in [0, 0.1) is 10.1 Å². The molecule has 1 aromatic carbocycles. The number of alkyl halides is 6. The lowest BCUT2D eigenvalue weighted by Gasteiger charge is -2.22. The van der Waals surface area contributed by atoms with E-state index in [-0.39, 0.29) is 11.4 Å². The number of benzene rings is 1. The Kier molecular flexibility index (Phi) is 4.46. The smallest absolute Gasteiger partial charge is 0.425 e. The van der Waals surface area contributed by atoms with Crippen molar-refractivity contribution >= 4 is 5.69 Å². The number of rotatable bonds is 5. The van der Waals surface area contributed by atoms with Crippen LogP contribution in [0.1, 0.15) is 0 Å². The molecule has 0 aliphatic rings. The van der Waals surface area contributed by atoms with E-state index in [4.69, 9.17) is 0 Å². The summed E-state index contributed by atoms with van der Waals surface area (Å²) in [6, 6.07) is 3.64. The third kappa shape index (κ3) is 4.00. The van der Waals surface area contributed by atoms with Gasteiger partial charge in [-0.2, -0.15) is 22.0 Å². The van der Waals surface area contributed by atoms with Crippen LogP contribution in [0.5, 0.6) is 5.75 Å². The summed E-state index contributed by atoms with van der Waals surface area (Å²) >= 11 is 0. The summed E-state index contributed by atoms with van der Waals surface area (Å²) in [6.07, 6.45) is -10.1. The highest BCUT2D eigenvalue weighted by Crippen LogP contribution is 2.35. The van der Waals surface area contributed by atoms with E-state index >= 15 is 0 Å². The summed E-state index contributed by atoms with van der Waals surface area (Å²) in [6.45, 7) is -1.84. The topological polar surface area (TPSA) is 52.4 Å². The van der Waals surface area contributed by atoms with Crippen molar-refractivity contribution in [1.29, 1.82) is 0 Å². The zero-order valence-electron chi connectivity index (χ0n) is 9.53. The third-order valence-corrected chi connectivity index (χ3v) is 2.14. The van der Waals surface area contributed by atoms with Gasteiger partial charge in [0.25, 0.3) is 11.9 Å². The molecule has 112 valence electrons. The number of ether oxygens (including phenoxy) is 1. The third-order valence-electron chi connectivity index (χ3n) is 2.14. The zero-order valence-corrected chi connectivity index (χ0v) is 9.53. The number of nitro benzene ring substituents is 1. The molecular weight excluding hydrogens is 296 g/mol. The summed E-state index contributed by atoms with van der Waals surface area (Å²) in [5.74, 6) is -5.11. The second-order valence-corrected chi connectivity index (χ2v) is 3.70. The minimum Gasteiger partial charge on any atom is -0.487 e. The standard InChI is InChI=1S/C10H7F6NO3/c11-8(10(14,15)16)9(12,13)5-20-7-3-1-6(2-4-7)17(18)19/h1-4,8H,5H2/t8-/m1/s1. The van der Waals surface area contributed by atoms with Crippen LogP contribution in [-0.4, -0.2) is 29.8 Å². The molecule has 0 unspecified atom stereocenters. The average molecular weight is 303 g/mol.